The largest absolute Gasteiger partial charge is 0.378 e. The molecule has 0 atom stereocenters. The molecule has 1 fully saturated rings. The molecule has 0 spiro atoms. The number of thiazole rings is 1. The third-order valence-electron chi connectivity index (χ3n) is 3.60. The SMILES string of the molecule is Cc1nc(N2CCOCC2)sc1C(=O)NCc1nccn1C. The summed E-state index contributed by atoms with van der Waals surface area (Å²) in [5.41, 5.74) is 0.767. The fraction of sp³-hybridized carbons (Fsp3) is 0.500. The molecule has 0 unspecified atom stereocenters. The van der Waals surface area contributed by atoms with Gasteiger partial charge in [-0.25, -0.2) is 9.97 Å². The minimum Gasteiger partial charge on any atom is -0.378 e. The second-order valence-electron chi connectivity index (χ2n) is 5.15. The molecule has 0 radical (unpaired) electrons. The van der Waals surface area contributed by atoms with E-state index in [1.807, 2.05) is 24.7 Å². The molecule has 3 heterocycles. The van der Waals surface area contributed by atoms with Crippen molar-refractivity contribution in [3.05, 3.63) is 28.8 Å². The lowest BCUT2D eigenvalue weighted by Gasteiger charge is -2.25. The van der Waals surface area contributed by atoms with Crippen LogP contribution < -0.4 is 10.2 Å². The number of imidazole rings is 1. The number of anilines is 1. The summed E-state index contributed by atoms with van der Waals surface area (Å²) in [6.07, 6.45) is 3.58. The quantitative estimate of drug-likeness (QED) is 0.908. The minimum absolute atomic E-state index is 0.0995. The van der Waals surface area contributed by atoms with E-state index in [-0.39, 0.29) is 5.91 Å². The first-order valence-electron chi connectivity index (χ1n) is 7.19. The van der Waals surface area contributed by atoms with E-state index in [2.05, 4.69) is 20.2 Å². The van der Waals surface area contributed by atoms with Crippen molar-refractivity contribution in [3.63, 3.8) is 0 Å². The van der Waals surface area contributed by atoms with E-state index in [4.69, 9.17) is 4.74 Å². The van der Waals surface area contributed by atoms with Gasteiger partial charge in [-0.2, -0.15) is 0 Å². The maximum atomic E-state index is 12.3. The van der Waals surface area contributed by atoms with Gasteiger partial charge in [0.25, 0.3) is 5.91 Å². The Morgan fingerprint density at radius 3 is 2.91 bits per heavy atom. The highest BCUT2D eigenvalue weighted by Gasteiger charge is 2.20. The van der Waals surface area contributed by atoms with E-state index in [9.17, 15) is 4.79 Å². The van der Waals surface area contributed by atoms with E-state index in [1.54, 1.807) is 6.20 Å². The molecule has 0 saturated carbocycles. The number of amides is 1. The van der Waals surface area contributed by atoms with Gasteiger partial charge < -0.3 is 19.5 Å². The standard InChI is InChI=1S/C14H19N5O2S/c1-10-12(13(20)16-9-11-15-3-4-18(11)2)22-14(17-10)19-5-7-21-8-6-19/h3-4H,5-9H2,1-2H3,(H,16,20). The number of morpholine rings is 1. The molecule has 0 bridgehead atoms. The zero-order valence-electron chi connectivity index (χ0n) is 12.7. The molecule has 2 aromatic heterocycles. The molecule has 22 heavy (non-hydrogen) atoms. The number of carbonyl (C=O) groups is 1. The molecule has 0 aliphatic carbocycles. The fourth-order valence-corrected chi connectivity index (χ4v) is 3.32. The average molecular weight is 321 g/mol. The van der Waals surface area contributed by atoms with Crippen LogP contribution in [0.3, 0.4) is 0 Å². The van der Waals surface area contributed by atoms with Crippen LogP contribution in [0.25, 0.3) is 0 Å². The fourth-order valence-electron chi connectivity index (χ4n) is 2.29. The first kappa shape index (κ1) is 15.0. The Hall–Kier alpha value is -1.93. The van der Waals surface area contributed by atoms with E-state index in [0.29, 0.717) is 24.6 Å². The summed E-state index contributed by atoms with van der Waals surface area (Å²) < 4.78 is 7.23. The monoisotopic (exact) mass is 321 g/mol. The molecule has 0 aromatic carbocycles. The Kier molecular flexibility index (Phi) is 4.39. The summed E-state index contributed by atoms with van der Waals surface area (Å²) in [6.45, 7) is 5.34. The molecule has 3 rings (SSSR count). The smallest absolute Gasteiger partial charge is 0.263 e. The Bertz CT molecular complexity index is 660. The van der Waals surface area contributed by atoms with Crippen LogP contribution >= 0.6 is 11.3 Å². The maximum Gasteiger partial charge on any atom is 0.263 e. The lowest BCUT2D eigenvalue weighted by molar-refractivity contribution is 0.0953. The summed E-state index contributed by atoms with van der Waals surface area (Å²) in [6, 6.07) is 0. The average Bonchev–Trinajstić information content (AvgIpc) is 3.12. The summed E-state index contributed by atoms with van der Waals surface area (Å²) in [7, 11) is 1.91. The number of nitrogens with one attached hydrogen (secondary N) is 1. The van der Waals surface area contributed by atoms with Crippen molar-refractivity contribution in [2.24, 2.45) is 7.05 Å². The van der Waals surface area contributed by atoms with Gasteiger partial charge in [0, 0.05) is 32.5 Å². The molecule has 1 N–H and O–H groups in total. The van der Waals surface area contributed by atoms with Crippen LogP contribution in [0.4, 0.5) is 5.13 Å². The summed E-state index contributed by atoms with van der Waals surface area (Å²) >= 11 is 1.44. The summed E-state index contributed by atoms with van der Waals surface area (Å²) in [5, 5.41) is 3.80. The van der Waals surface area contributed by atoms with Crippen molar-refractivity contribution in [1.82, 2.24) is 19.9 Å². The molecule has 1 aliphatic rings. The molecule has 7 nitrogen and oxygen atoms in total. The zero-order chi connectivity index (χ0) is 15.5. The van der Waals surface area contributed by atoms with Crippen molar-refractivity contribution < 1.29 is 9.53 Å². The highest BCUT2D eigenvalue weighted by Crippen LogP contribution is 2.26. The number of rotatable bonds is 4. The number of aryl methyl sites for hydroxylation is 2. The first-order chi connectivity index (χ1) is 10.6. The van der Waals surface area contributed by atoms with Crippen molar-refractivity contribution in [2.75, 3.05) is 31.2 Å². The van der Waals surface area contributed by atoms with Crippen molar-refractivity contribution in [3.8, 4) is 0 Å². The lowest BCUT2D eigenvalue weighted by Crippen LogP contribution is -2.36. The molecular formula is C14H19N5O2S. The highest BCUT2D eigenvalue weighted by atomic mass is 32.1. The number of ether oxygens (including phenoxy) is 1. The van der Waals surface area contributed by atoms with Gasteiger partial charge in [0.2, 0.25) is 0 Å². The number of hydrogen-bond acceptors (Lipinski definition) is 6. The summed E-state index contributed by atoms with van der Waals surface area (Å²) in [4.78, 5) is 23.9. The van der Waals surface area contributed by atoms with Crippen LogP contribution in [-0.2, 0) is 18.3 Å². The van der Waals surface area contributed by atoms with Crippen LogP contribution in [0.1, 0.15) is 21.2 Å². The van der Waals surface area contributed by atoms with Gasteiger partial charge in [0.05, 0.1) is 25.5 Å². The lowest BCUT2D eigenvalue weighted by atomic mass is 10.3. The number of hydrogen-bond donors (Lipinski definition) is 1. The zero-order valence-corrected chi connectivity index (χ0v) is 13.5. The van der Waals surface area contributed by atoms with Crippen LogP contribution in [0.15, 0.2) is 12.4 Å². The van der Waals surface area contributed by atoms with Crippen molar-refractivity contribution in [1.29, 1.82) is 0 Å². The van der Waals surface area contributed by atoms with Crippen LogP contribution in [0.2, 0.25) is 0 Å². The second kappa shape index (κ2) is 6.45. The third-order valence-corrected chi connectivity index (χ3v) is 4.82. The van der Waals surface area contributed by atoms with Crippen molar-refractivity contribution in [2.45, 2.75) is 13.5 Å². The van der Waals surface area contributed by atoms with Gasteiger partial charge in [-0.05, 0) is 6.92 Å². The third kappa shape index (κ3) is 3.12. The minimum atomic E-state index is -0.0995. The predicted octanol–water partition coefficient (Wildman–Crippen LogP) is 0.952. The Labute approximate surface area is 132 Å². The van der Waals surface area contributed by atoms with Gasteiger partial charge >= 0.3 is 0 Å². The van der Waals surface area contributed by atoms with E-state index in [1.165, 1.54) is 11.3 Å². The maximum absolute atomic E-state index is 12.3. The summed E-state index contributed by atoms with van der Waals surface area (Å²) in [5.74, 6) is 0.724. The molecule has 118 valence electrons. The Morgan fingerprint density at radius 2 is 2.23 bits per heavy atom. The van der Waals surface area contributed by atoms with Gasteiger partial charge in [0.1, 0.15) is 10.7 Å². The molecule has 1 saturated heterocycles. The van der Waals surface area contributed by atoms with E-state index in [0.717, 1.165) is 29.7 Å². The van der Waals surface area contributed by atoms with Gasteiger partial charge in [-0.1, -0.05) is 11.3 Å². The number of carbonyl (C=O) groups excluding carboxylic acids is 1. The highest BCUT2D eigenvalue weighted by molar-refractivity contribution is 7.17. The first-order valence-corrected chi connectivity index (χ1v) is 8.01. The molecular weight excluding hydrogens is 302 g/mol. The molecule has 2 aromatic rings. The Morgan fingerprint density at radius 1 is 1.45 bits per heavy atom. The van der Waals surface area contributed by atoms with E-state index < -0.39 is 0 Å². The van der Waals surface area contributed by atoms with Crippen molar-refractivity contribution >= 4 is 22.4 Å². The van der Waals surface area contributed by atoms with Crippen LogP contribution in [0.5, 0.6) is 0 Å². The normalized spacial score (nSPS) is 15.1. The van der Waals surface area contributed by atoms with Crippen LogP contribution in [-0.4, -0.2) is 46.7 Å². The number of aromatic nitrogens is 3. The van der Waals surface area contributed by atoms with Gasteiger partial charge in [0.15, 0.2) is 5.13 Å². The molecule has 1 aliphatic heterocycles. The molecule has 1 amide bonds. The van der Waals surface area contributed by atoms with Gasteiger partial charge in [-0.15, -0.1) is 0 Å². The molecule has 8 heteroatoms. The second-order valence-corrected chi connectivity index (χ2v) is 6.12. The topological polar surface area (TPSA) is 72.3 Å². The Balaban J connectivity index is 1.67. The van der Waals surface area contributed by atoms with Gasteiger partial charge in [-0.3, -0.25) is 4.79 Å². The van der Waals surface area contributed by atoms with E-state index >= 15 is 0 Å². The predicted molar refractivity (Wildman–Crippen MR) is 84.3 cm³/mol. The van der Waals surface area contributed by atoms with Crippen LogP contribution in [0, 0.1) is 6.92 Å². The number of nitrogens with zero attached hydrogens (tertiary/aromatic N) is 4.